The molecule has 166 valence electrons. The number of benzene rings is 1. The van der Waals surface area contributed by atoms with Gasteiger partial charge >= 0.3 is 5.97 Å². The number of halogens is 1. The van der Waals surface area contributed by atoms with Crippen LogP contribution in [0, 0.1) is 5.82 Å². The molecule has 1 N–H and O–H groups in total. The number of amidine groups is 1. The fourth-order valence-electron chi connectivity index (χ4n) is 3.97. The van der Waals surface area contributed by atoms with Crippen LogP contribution < -0.4 is 10.2 Å². The van der Waals surface area contributed by atoms with Gasteiger partial charge in [0.05, 0.1) is 18.4 Å². The Morgan fingerprint density at radius 1 is 1.44 bits per heavy atom. The molecule has 0 aliphatic carbocycles. The van der Waals surface area contributed by atoms with Crippen molar-refractivity contribution in [2.45, 2.75) is 25.4 Å². The zero-order valence-corrected chi connectivity index (χ0v) is 19.0. The SMILES string of the molecule is [B]c1cc(F)ccc1[C@@H]1N=C(c2nccs2)N2CC(NS(C)(=O)=O)CC2=C1C(=O)OCC. The third kappa shape index (κ3) is 4.48. The van der Waals surface area contributed by atoms with E-state index in [0.717, 1.165) is 6.26 Å². The van der Waals surface area contributed by atoms with E-state index in [0.29, 0.717) is 22.1 Å². The van der Waals surface area contributed by atoms with Gasteiger partial charge in [-0.05, 0) is 24.6 Å². The molecule has 8 nitrogen and oxygen atoms in total. The van der Waals surface area contributed by atoms with E-state index in [1.807, 2.05) is 0 Å². The normalized spacial score (nSPS) is 20.8. The van der Waals surface area contributed by atoms with E-state index in [9.17, 15) is 17.6 Å². The van der Waals surface area contributed by atoms with E-state index < -0.39 is 33.9 Å². The van der Waals surface area contributed by atoms with Gasteiger partial charge < -0.3 is 9.64 Å². The van der Waals surface area contributed by atoms with Gasteiger partial charge in [0.2, 0.25) is 10.0 Å². The molecule has 0 saturated carbocycles. The summed E-state index contributed by atoms with van der Waals surface area (Å²) in [5.41, 5.74) is 1.44. The highest BCUT2D eigenvalue weighted by atomic mass is 32.2. The number of ether oxygens (including phenoxy) is 1. The van der Waals surface area contributed by atoms with Gasteiger partial charge in [-0.25, -0.2) is 27.3 Å². The molecule has 2 atom stereocenters. The molecular weight excluding hydrogens is 454 g/mol. The van der Waals surface area contributed by atoms with E-state index in [1.54, 1.807) is 23.4 Å². The third-order valence-electron chi connectivity index (χ3n) is 5.10. The molecule has 1 fully saturated rings. The molecule has 0 bridgehead atoms. The molecular formula is C20H20BFN4O4S2. The van der Waals surface area contributed by atoms with Crippen LogP contribution in [0.15, 0.2) is 46.0 Å². The average molecular weight is 474 g/mol. The number of aliphatic imine (C=N–C) groups is 1. The minimum absolute atomic E-state index is 0.148. The Bertz CT molecular complexity index is 1210. The lowest BCUT2D eigenvalue weighted by atomic mass is 9.83. The topological polar surface area (TPSA) is 101 Å². The van der Waals surface area contributed by atoms with Crippen molar-refractivity contribution in [3.05, 3.63) is 57.4 Å². The summed E-state index contributed by atoms with van der Waals surface area (Å²) in [6.45, 7) is 2.11. The van der Waals surface area contributed by atoms with Gasteiger partial charge in [0.15, 0.2) is 10.8 Å². The van der Waals surface area contributed by atoms with Crippen molar-refractivity contribution in [3.63, 3.8) is 0 Å². The van der Waals surface area contributed by atoms with Crippen LogP contribution in [0.5, 0.6) is 0 Å². The van der Waals surface area contributed by atoms with Gasteiger partial charge in [0.25, 0.3) is 0 Å². The Hall–Kier alpha value is -2.57. The van der Waals surface area contributed by atoms with Crippen LogP contribution in [-0.4, -0.2) is 63.4 Å². The second-order valence-electron chi connectivity index (χ2n) is 7.45. The van der Waals surface area contributed by atoms with Gasteiger partial charge in [-0.3, -0.25) is 4.99 Å². The standard InChI is InChI=1S/C20H20BFN4O4S2/c1-3-30-20(27)16-15-9-12(25-32(2,28)29)10-26(15)18(19-23-6-7-31-19)24-17(16)13-5-4-11(22)8-14(13)21/h4-8,12,17,25H,3,9-10H2,1-2H3/t12?,17-/m0/s1. The summed E-state index contributed by atoms with van der Waals surface area (Å²) >= 11 is 1.36. The van der Waals surface area contributed by atoms with Crippen LogP contribution in [0.4, 0.5) is 4.39 Å². The van der Waals surface area contributed by atoms with Crippen LogP contribution in [0.3, 0.4) is 0 Å². The number of nitrogens with zero attached hydrogens (tertiary/aromatic N) is 3. The van der Waals surface area contributed by atoms with Crippen molar-refractivity contribution in [2.24, 2.45) is 4.99 Å². The fourth-order valence-corrected chi connectivity index (χ4v) is 5.37. The van der Waals surface area contributed by atoms with Gasteiger partial charge in [-0.15, -0.1) is 11.3 Å². The van der Waals surface area contributed by atoms with Crippen LogP contribution in [0.25, 0.3) is 0 Å². The average Bonchev–Trinajstić information content (AvgIpc) is 3.35. The summed E-state index contributed by atoms with van der Waals surface area (Å²) in [5, 5.41) is 2.40. The first-order valence-corrected chi connectivity index (χ1v) is 12.6. The first-order chi connectivity index (χ1) is 15.2. The van der Waals surface area contributed by atoms with Crippen LogP contribution in [-0.2, 0) is 19.6 Å². The summed E-state index contributed by atoms with van der Waals surface area (Å²) in [7, 11) is 2.62. The summed E-state index contributed by atoms with van der Waals surface area (Å²) < 4.78 is 45.3. The van der Waals surface area contributed by atoms with Crippen molar-refractivity contribution in [1.82, 2.24) is 14.6 Å². The first kappa shape index (κ1) is 22.6. The third-order valence-corrected chi connectivity index (χ3v) is 6.63. The van der Waals surface area contributed by atoms with E-state index in [1.165, 1.54) is 29.5 Å². The van der Waals surface area contributed by atoms with E-state index >= 15 is 0 Å². The Labute approximate surface area is 190 Å². The minimum atomic E-state index is -3.48. The molecule has 32 heavy (non-hydrogen) atoms. The molecule has 4 rings (SSSR count). The lowest BCUT2D eigenvalue weighted by Crippen LogP contribution is -2.39. The maximum atomic E-state index is 13.7. The molecule has 12 heteroatoms. The number of esters is 1. The zero-order valence-electron chi connectivity index (χ0n) is 17.4. The molecule has 1 aromatic heterocycles. The van der Waals surface area contributed by atoms with Gasteiger partial charge in [0.1, 0.15) is 19.7 Å². The number of fused-ring (bicyclic) bond motifs is 1. The predicted molar refractivity (Wildman–Crippen MR) is 120 cm³/mol. The zero-order chi connectivity index (χ0) is 23.0. The molecule has 3 heterocycles. The minimum Gasteiger partial charge on any atom is -0.463 e. The largest absolute Gasteiger partial charge is 0.463 e. The monoisotopic (exact) mass is 474 g/mol. The number of hydrogen-bond acceptors (Lipinski definition) is 8. The highest BCUT2D eigenvalue weighted by molar-refractivity contribution is 7.88. The van der Waals surface area contributed by atoms with Crippen LogP contribution in [0.2, 0.25) is 0 Å². The lowest BCUT2D eigenvalue weighted by molar-refractivity contribution is -0.139. The van der Waals surface area contributed by atoms with Crippen LogP contribution in [0.1, 0.15) is 30.0 Å². The molecule has 2 aliphatic heterocycles. The molecule has 1 unspecified atom stereocenters. The summed E-state index contributed by atoms with van der Waals surface area (Å²) in [6, 6.07) is 2.61. The lowest BCUT2D eigenvalue weighted by Gasteiger charge is -2.32. The number of carbonyl (C=O) groups is 1. The Balaban J connectivity index is 1.89. The van der Waals surface area contributed by atoms with Gasteiger partial charge in [0, 0.05) is 36.3 Å². The number of carbonyl (C=O) groups excluding carboxylic acids is 1. The fraction of sp³-hybridized carbons (Fsp3) is 0.350. The number of nitrogens with one attached hydrogen (secondary N) is 1. The van der Waals surface area contributed by atoms with Gasteiger partial charge in [-0.1, -0.05) is 11.5 Å². The molecule has 2 aliphatic rings. The summed E-state index contributed by atoms with van der Waals surface area (Å²) in [4.78, 5) is 24.0. The maximum absolute atomic E-state index is 13.7. The molecule has 2 aromatic rings. The van der Waals surface area contributed by atoms with Crippen molar-refractivity contribution < 1.29 is 22.3 Å². The molecule has 2 radical (unpaired) electrons. The van der Waals surface area contributed by atoms with E-state index in [2.05, 4.69) is 9.71 Å². The Morgan fingerprint density at radius 2 is 2.22 bits per heavy atom. The summed E-state index contributed by atoms with van der Waals surface area (Å²) in [6.07, 6.45) is 2.97. The Kier molecular flexibility index (Phi) is 6.19. The number of sulfonamides is 1. The first-order valence-electron chi connectivity index (χ1n) is 9.85. The molecule has 1 saturated heterocycles. The quantitative estimate of drug-likeness (QED) is 0.496. The highest BCUT2D eigenvalue weighted by Gasteiger charge is 2.42. The van der Waals surface area contributed by atoms with E-state index in [-0.39, 0.29) is 30.6 Å². The van der Waals surface area contributed by atoms with Crippen molar-refractivity contribution in [3.8, 4) is 0 Å². The molecule has 1 aromatic carbocycles. The summed E-state index contributed by atoms with van der Waals surface area (Å²) in [5.74, 6) is -0.589. The Morgan fingerprint density at radius 3 is 2.84 bits per heavy atom. The predicted octanol–water partition coefficient (Wildman–Crippen LogP) is 1.02. The number of thiazole rings is 1. The molecule has 0 spiro atoms. The second kappa shape index (κ2) is 8.76. The van der Waals surface area contributed by atoms with Crippen LogP contribution >= 0.6 is 11.3 Å². The van der Waals surface area contributed by atoms with Crippen molar-refractivity contribution in [2.75, 3.05) is 19.4 Å². The van der Waals surface area contributed by atoms with Gasteiger partial charge in [-0.2, -0.15) is 0 Å². The smallest absolute Gasteiger partial charge is 0.338 e. The number of aromatic nitrogens is 1. The van der Waals surface area contributed by atoms with E-state index in [4.69, 9.17) is 17.6 Å². The van der Waals surface area contributed by atoms with Crippen molar-refractivity contribution in [1.29, 1.82) is 0 Å². The number of rotatable bonds is 6. The highest BCUT2D eigenvalue weighted by Crippen LogP contribution is 2.40. The number of hydrogen-bond donors (Lipinski definition) is 1. The second-order valence-corrected chi connectivity index (χ2v) is 10.1. The van der Waals surface area contributed by atoms with Crippen molar-refractivity contribution >= 4 is 46.5 Å². The molecule has 0 amide bonds. The maximum Gasteiger partial charge on any atom is 0.338 e.